The third kappa shape index (κ3) is 2.26. The Kier molecular flexibility index (Phi) is 3.39. The summed E-state index contributed by atoms with van der Waals surface area (Å²) in [6.07, 6.45) is 2.90. The molecule has 0 amide bonds. The first-order valence-corrected chi connectivity index (χ1v) is 6.44. The highest BCUT2D eigenvalue weighted by Gasteiger charge is 2.31. The highest BCUT2D eigenvalue weighted by atomic mass is 32.2. The minimum atomic E-state index is 0.239. The molecule has 0 N–H and O–H groups in total. The predicted molar refractivity (Wildman–Crippen MR) is 59.2 cm³/mol. The zero-order valence-electron chi connectivity index (χ0n) is 8.86. The lowest BCUT2D eigenvalue weighted by Gasteiger charge is -2.31. The van der Waals surface area contributed by atoms with Crippen LogP contribution >= 0.6 is 11.8 Å². The van der Waals surface area contributed by atoms with Gasteiger partial charge in [-0.05, 0) is 12.3 Å². The van der Waals surface area contributed by atoms with Crippen LogP contribution in [0.5, 0.6) is 0 Å². The van der Waals surface area contributed by atoms with Crippen molar-refractivity contribution >= 4 is 11.8 Å². The number of thioether (sulfide) groups is 1. The van der Waals surface area contributed by atoms with E-state index >= 15 is 0 Å². The van der Waals surface area contributed by atoms with Gasteiger partial charge in [0.15, 0.2) is 0 Å². The molecule has 80 valence electrons. The fourth-order valence-corrected chi connectivity index (χ4v) is 2.71. The molecule has 0 saturated carbocycles. The molecular weight excluding hydrogens is 196 g/mol. The van der Waals surface area contributed by atoms with Crippen molar-refractivity contribution in [1.29, 1.82) is 0 Å². The van der Waals surface area contributed by atoms with E-state index in [1.54, 1.807) is 11.8 Å². The van der Waals surface area contributed by atoms with Gasteiger partial charge in [0, 0.05) is 11.2 Å². The molecule has 14 heavy (non-hydrogen) atoms. The second-order valence-electron chi connectivity index (χ2n) is 4.16. The molecule has 2 rings (SSSR count). The number of rotatable bonds is 3. The lowest BCUT2D eigenvalue weighted by Crippen LogP contribution is -2.35. The van der Waals surface area contributed by atoms with Crippen molar-refractivity contribution in [2.24, 2.45) is 5.92 Å². The van der Waals surface area contributed by atoms with Crippen LogP contribution in [0.3, 0.4) is 0 Å². The molecule has 0 radical (unpaired) electrons. The van der Waals surface area contributed by atoms with Crippen molar-refractivity contribution in [3.05, 3.63) is 11.2 Å². The lowest BCUT2D eigenvalue weighted by molar-refractivity contribution is -0.0951. The maximum Gasteiger partial charge on any atom is 0.132 e. The van der Waals surface area contributed by atoms with Gasteiger partial charge in [0.2, 0.25) is 0 Å². The van der Waals surface area contributed by atoms with Crippen LogP contribution in [0.4, 0.5) is 0 Å². The minimum absolute atomic E-state index is 0.239. The van der Waals surface area contributed by atoms with E-state index in [1.807, 2.05) is 0 Å². The van der Waals surface area contributed by atoms with Crippen molar-refractivity contribution in [1.82, 2.24) is 0 Å². The van der Waals surface area contributed by atoms with Gasteiger partial charge >= 0.3 is 0 Å². The standard InChI is InChI=1S/C11H18O2S/c1-3-8(2)4-9-5-12-10-6-14-7-11(10)13-9/h6,8-9,11H,3-5,7H2,1-2H3. The molecule has 2 aliphatic rings. The molecule has 0 aromatic carbocycles. The van der Waals surface area contributed by atoms with Crippen molar-refractivity contribution < 1.29 is 9.47 Å². The zero-order valence-corrected chi connectivity index (χ0v) is 9.68. The third-order valence-electron chi connectivity index (χ3n) is 2.92. The van der Waals surface area contributed by atoms with Crippen molar-refractivity contribution in [3.63, 3.8) is 0 Å². The fraction of sp³-hybridized carbons (Fsp3) is 0.818. The van der Waals surface area contributed by atoms with Crippen LogP contribution in [0.25, 0.3) is 0 Å². The first-order chi connectivity index (χ1) is 6.79. The van der Waals surface area contributed by atoms with E-state index in [0.29, 0.717) is 6.10 Å². The van der Waals surface area contributed by atoms with Crippen LogP contribution in [0.15, 0.2) is 11.2 Å². The smallest absolute Gasteiger partial charge is 0.132 e. The normalized spacial score (nSPS) is 33.1. The van der Waals surface area contributed by atoms with E-state index in [9.17, 15) is 0 Å². The van der Waals surface area contributed by atoms with Crippen molar-refractivity contribution in [2.75, 3.05) is 12.4 Å². The minimum Gasteiger partial charge on any atom is -0.492 e. The molecule has 0 aromatic heterocycles. The van der Waals surface area contributed by atoms with Crippen molar-refractivity contribution in [3.8, 4) is 0 Å². The van der Waals surface area contributed by atoms with Gasteiger partial charge in [-0.2, -0.15) is 0 Å². The molecule has 1 saturated heterocycles. The molecule has 0 aliphatic carbocycles. The van der Waals surface area contributed by atoms with Crippen LogP contribution in [-0.4, -0.2) is 24.6 Å². The SMILES string of the molecule is CCC(C)CC1COC2=CSCC2O1. The molecule has 2 aliphatic heterocycles. The van der Waals surface area contributed by atoms with Gasteiger partial charge in [-0.15, -0.1) is 11.8 Å². The van der Waals surface area contributed by atoms with E-state index in [4.69, 9.17) is 9.47 Å². The van der Waals surface area contributed by atoms with E-state index in [2.05, 4.69) is 19.3 Å². The summed E-state index contributed by atoms with van der Waals surface area (Å²) in [6.45, 7) is 5.25. The number of fused-ring (bicyclic) bond motifs is 1. The highest BCUT2D eigenvalue weighted by Crippen LogP contribution is 2.32. The number of ether oxygens (including phenoxy) is 2. The third-order valence-corrected chi connectivity index (χ3v) is 3.81. The lowest BCUT2D eigenvalue weighted by atomic mass is 10.0. The van der Waals surface area contributed by atoms with Gasteiger partial charge in [0.1, 0.15) is 18.5 Å². The second kappa shape index (κ2) is 4.58. The topological polar surface area (TPSA) is 18.5 Å². The van der Waals surface area contributed by atoms with Crippen LogP contribution in [0.2, 0.25) is 0 Å². The average molecular weight is 214 g/mol. The zero-order chi connectivity index (χ0) is 9.97. The molecule has 3 heteroatoms. The van der Waals surface area contributed by atoms with Gasteiger partial charge in [-0.3, -0.25) is 0 Å². The molecular formula is C11H18O2S. The fourth-order valence-electron chi connectivity index (χ4n) is 1.81. The molecule has 0 bridgehead atoms. The summed E-state index contributed by atoms with van der Waals surface area (Å²) in [5, 5.41) is 2.09. The molecule has 3 atom stereocenters. The van der Waals surface area contributed by atoms with Crippen LogP contribution < -0.4 is 0 Å². The Hall–Kier alpha value is -0.150. The first-order valence-electron chi connectivity index (χ1n) is 5.39. The maximum atomic E-state index is 5.97. The van der Waals surface area contributed by atoms with E-state index in [0.717, 1.165) is 30.5 Å². The Bertz CT molecular complexity index is 227. The summed E-state index contributed by atoms with van der Waals surface area (Å²) in [7, 11) is 0. The number of hydrogen-bond donors (Lipinski definition) is 0. The Morgan fingerprint density at radius 2 is 2.50 bits per heavy atom. The Labute approximate surface area is 90.0 Å². The molecule has 2 heterocycles. The second-order valence-corrected chi connectivity index (χ2v) is 5.06. The summed E-state index contributed by atoms with van der Waals surface area (Å²) >= 11 is 1.79. The Morgan fingerprint density at radius 1 is 1.64 bits per heavy atom. The van der Waals surface area contributed by atoms with Gasteiger partial charge in [-0.25, -0.2) is 0 Å². The molecule has 1 fully saturated rings. The van der Waals surface area contributed by atoms with Crippen LogP contribution in [-0.2, 0) is 9.47 Å². The summed E-state index contributed by atoms with van der Waals surface area (Å²) in [5.74, 6) is 2.82. The van der Waals surface area contributed by atoms with E-state index in [-0.39, 0.29) is 6.10 Å². The average Bonchev–Trinajstić information content (AvgIpc) is 2.64. The van der Waals surface area contributed by atoms with Crippen LogP contribution in [0, 0.1) is 5.92 Å². The molecule has 2 nitrogen and oxygen atoms in total. The first kappa shape index (κ1) is 10.4. The Balaban J connectivity index is 1.83. The summed E-state index contributed by atoms with van der Waals surface area (Å²) in [5.41, 5.74) is 0. The maximum absolute atomic E-state index is 5.97. The van der Waals surface area contributed by atoms with Gasteiger partial charge in [0.25, 0.3) is 0 Å². The largest absolute Gasteiger partial charge is 0.492 e. The summed E-state index contributed by atoms with van der Waals surface area (Å²) < 4.78 is 11.6. The van der Waals surface area contributed by atoms with Crippen molar-refractivity contribution in [2.45, 2.75) is 38.9 Å². The highest BCUT2D eigenvalue weighted by molar-refractivity contribution is 8.02. The van der Waals surface area contributed by atoms with E-state index < -0.39 is 0 Å². The van der Waals surface area contributed by atoms with Gasteiger partial charge in [0.05, 0.1) is 6.10 Å². The quantitative estimate of drug-likeness (QED) is 0.719. The molecule has 0 aromatic rings. The molecule has 0 spiro atoms. The predicted octanol–water partition coefficient (Wildman–Crippen LogP) is 2.79. The summed E-state index contributed by atoms with van der Waals surface area (Å²) in [6, 6.07) is 0. The van der Waals surface area contributed by atoms with E-state index in [1.165, 1.54) is 6.42 Å². The summed E-state index contributed by atoms with van der Waals surface area (Å²) in [4.78, 5) is 0. The monoisotopic (exact) mass is 214 g/mol. The Morgan fingerprint density at radius 3 is 3.29 bits per heavy atom. The van der Waals surface area contributed by atoms with Gasteiger partial charge < -0.3 is 9.47 Å². The molecule has 3 unspecified atom stereocenters. The van der Waals surface area contributed by atoms with Crippen LogP contribution in [0.1, 0.15) is 26.7 Å². The van der Waals surface area contributed by atoms with Gasteiger partial charge in [-0.1, -0.05) is 20.3 Å². The number of hydrogen-bond acceptors (Lipinski definition) is 3.